The number of anilines is 1. The van der Waals surface area contributed by atoms with Crippen molar-refractivity contribution in [2.24, 2.45) is 0 Å². The smallest absolute Gasteiger partial charge is 0.283 e. The Balaban J connectivity index is 1.38. The number of hydrogen-bond acceptors (Lipinski definition) is 6. The van der Waals surface area contributed by atoms with E-state index in [9.17, 15) is 18.0 Å². The normalized spacial score (nSPS) is 14.7. The lowest BCUT2D eigenvalue weighted by Crippen LogP contribution is -2.50. The van der Waals surface area contributed by atoms with Crippen molar-refractivity contribution in [3.05, 3.63) is 84.4 Å². The van der Waals surface area contributed by atoms with Crippen LogP contribution < -0.4 is 24.6 Å². The van der Waals surface area contributed by atoms with Gasteiger partial charge in [0.25, 0.3) is 21.8 Å². The number of para-hydroxylation sites is 3. The van der Waals surface area contributed by atoms with E-state index in [1.807, 2.05) is 6.07 Å². The summed E-state index contributed by atoms with van der Waals surface area (Å²) in [5.74, 6) is -0.207. The molecule has 4 rings (SSSR count). The van der Waals surface area contributed by atoms with Crippen molar-refractivity contribution in [3.8, 4) is 11.5 Å². The predicted octanol–water partition coefficient (Wildman–Crippen LogP) is 2.50. The zero-order chi connectivity index (χ0) is 24.1. The minimum atomic E-state index is -3.81. The Kier molecular flexibility index (Phi) is 6.69. The van der Waals surface area contributed by atoms with Crippen LogP contribution in [0.4, 0.5) is 5.69 Å². The maximum Gasteiger partial charge on any atom is 0.283 e. The number of amides is 2. The summed E-state index contributed by atoms with van der Waals surface area (Å²) in [5, 5.41) is 0. The van der Waals surface area contributed by atoms with Gasteiger partial charge in [0.05, 0.1) is 10.6 Å². The summed E-state index contributed by atoms with van der Waals surface area (Å²) in [4.78, 5) is 24.8. The van der Waals surface area contributed by atoms with Gasteiger partial charge in [0.2, 0.25) is 6.10 Å². The lowest BCUT2D eigenvalue weighted by atomic mass is 10.2. The van der Waals surface area contributed by atoms with E-state index in [4.69, 9.17) is 9.47 Å². The Labute approximate surface area is 197 Å². The number of benzene rings is 3. The molecule has 0 aromatic heterocycles. The third-order valence-electron chi connectivity index (χ3n) is 5.14. The molecule has 2 N–H and O–H groups in total. The zero-order valence-corrected chi connectivity index (χ0v) is 19.1. The van der Waals surface area contributed by atoms with Crippen molar-refractivity contribution in [2.75, 3.05) is 17.5 Å². The molecule has 0 saturated carbocycles. The van der Waals surface area contributed by atoms with E-state index in [0.717, 1.165) is 0 Å². The van der Waals surface area contributed by atoms with Gasteiger partial charge < -0.3 is 9.47 Å². The Morgan fingerprint density at radius 2 is 1.56 bits per heavy atom. The molecule has 1 aliphatic heterocycles. The SMILES string of the molecule is CCN(c1ccccc1)S(=O)(=O)c1ccc(C(=O)NNC(=O)[C@@H]2COc3ccccc3O2)cc1. The number of rotatable bonds is 6. The summed E-state index contributed by atoms with van der Waals surface area (Å²) >= 11 is 0. The number of hydrazine groups is 1. The van der Waals surface area contributed by atoms with Gasteiger partial charge in [0.15, 0.2) is 11.5 Å². The maximum atomic E-state index is 13.1. The van der Waals surface area contributed by atoms with Crippen LogP contribution in [0.3, 0.4) is 0 Å². The molecule has 0 fully saturated rings. The molecule has 10 heteroatoms. The molecule has 1 atom stereocenters. The molecule has 9 nitrogen and oxygen atoms in total. The first kappa shape index (κ1) is 23.1. The molecule has 34 heavy (non-hydrogen) atoms. The van der Waals surface area contributed by atoms with E-state index >= 15 is 0 Å². The fraction of sp³-hybridized carbons (Fsp3) is 0.167. The fourth-order valence-electron chi connectivity index (χ4n) is 3.41. The first-order chi connectivity index (χ1) is 16.4. The van der Waals surface area contributed by atoms with Crippen molar-refractivity contribution in [3.63, 3.8) is 0 Å². The minimum absolute atomic E-state index is 0.000612. The van der Waals surface area contributed by atoms with Gasteiger partial charge in [-0.05, 0) is 55.5 Å². The zero-order valence-electron chi connectivity index (χ0n) is 18.3. The molecule has 0 radical (unpaired) electrons. The lowest BCUT2D eigenvalue weighted by molar-refractivity contribution is -0.131. The van der Waals surface area contributed by atoms with Gasteiger partial charge in [-0.2, -0.15) is 0 Å². The minimum Gasteiger partial charge on any atom is -0.485 e. The van der Waals surface area contributed by atoms with Crippen LogP contribution in [0.25, 0.3) is 0 Å². The van der Waals surface area contributed by atoms with E-state index in [1.54, 1.807) is 55.5 Å². The third-order valence-corrected chi connectivity index (χ3v) is 7.05. The Hall–Kier alpha value is -4.05. The van der Waals surface area contributed by atoms with E-state index in [-0.39, 0.29) is 23.6 Å². The van der Waals surface area contributed by atoms with Gasteiger partial charge >= 0.3 is 0 Å². The second-order valence-corrected chi connectivity index (χ2v) is 9.20. The van der Waals surface area contributed by atoms with Crippen LogP contribution in [0.2, 0.25) is 0 Å². The molecule has 176 valence electrons. The topological polar surface area (TPSA) is 114 Å². The summed E-state index contributed by atoms with van der Waals surface area (Å²) in [7, 11) is -3.81. The van der Waals surface area contributed by atoms with Gasteiger partial charge in [-0.1, -0.05) is 30.3 Å². The van der Waals surface area contributed by atoms with Crippen molar-refractivity contribution in [1.82, 2.24) is 10.9 Å². The third kappa shape index (κ3) is 4.81. The first-order valence-corrected chi connectivity index (χ1v) is 12.0. The highest BCUT2D eigenvalue weighted by atomic mass is 32.2. The van der Waals surface area contributed by atoms with Crippen LogP contribution in [0.1, 0.15) is 17.3 Å². The summed E-state index contributed by atoms with van der Waals surface area (Å²) in [5.41, 5.74) is 5.33. The Morgan fingerprint density at radius 1 is 0.912 bits per heavy atom. The van der Waals surface area contributed by atoms with Gasteiger partial charge in [-0.3, -0.25) is 24.7 Å². The first-order valence-electron chi connectivity index (χ1n) is 10.6. The second-order valence-electron chi connectivity index (χ2n) is 7.34. The van der Waals surface area contributed by atoms with Crippen molar-refractivity contribution >= 4 is 27.5 Å². The summed E-state index contributed by atoms with van der Waals surface area (Å²) in [6.07, 6.45) is -0.930. The highest BCUT2D eigenvalue weighted by molar-refractivity contribution is 7.92. The lowest BCUT2D eigenvalue weighted by Gasteiger charge is -2.25. The van der Waals surface area contributed by atoms with Gasteiger partial charge in [0.1, 0.15) is 6.61 Å². The Morgan fingerprint density at radius 3 is 2.24 bits per heavy atom. The quantitative estimate of drug-likeness (QED) is 0.523. The van der Waals surface area contributed by atoms with Crippen LogP contribution in [0.15, 0.2) is 83.8 Å². The maximum absolute atomic E-state index is 13.1. The molecule has 0 spiro atoms. The van der Waals surface area contributed by atoms with Crippen LogP contribution >= 0.6 is 0 Å². The number of nitrogens with zero attached hydrogens (tertiary/aromatic N) is 1. The second kappa shape index (κ2) is 9.84. The molecule has 1 aliphatic rings. The summed E-state index contributed by atoms with van der Waals surface area (Å²) < 4.78 is 38.5. The number of carbonyl (C=O) groups is 2. The van der Waals surface area contributed by atoms with E-state index in [2.05, 4.69) is 10.9 Å². The summed E-state index contributed by atoms with van der Waals surface area (Å²) in [6, 6.07) is 21.2. The van der Waals surface area contributed by atoms with Gasteiger partial charge in [-0.15, -0.1) is 0 Å². The molecular weight excluding hydrogens is 458 g/mol. The summed E-state index contributed by atoms with van der Waals surface area (Å²) in [6.45, 7) is 1.99. The highest BCUT2D eigenvalue weighted by Crippen LogP contribution is 2.30. The molecule has 0 aliphatic carbocycles. The van der Waals surface area contributed by atoms with Crippen LogP contribution in [0.5, 0.6) is 11.5 Å². The molecular formula is C24H23N3O6S. The van der Waals surface area contributed by atoms with Crippen molar-refractivity contribution in [1.29, 1.82) is 0 Å². The van der Waals surface area contributed by atoms with Crippen LogP contribution in [0, 0.1) is 0 Å². The molecule has 0 unspecified atom stereocenters. The van der Waals surface area contributed by atoms with Crippen LogP contribution in [-0.4, -0.2) is 39.5 Å². The predicted molar refractivity (Wildman–Crippen MR) is 125 cm³/mol. The van der Waals surface area contributed by atoms with Crippen molar-refractivity contribution < 1.29 is 27.5 Å². The van der Waals surface area contributed by atoms with E-state index in [0.29, 0.717) is 17.2 Å². The highest BCUT2D eigenvalue weighted by Gasteiger charge is 2.28. The van der Waals surface area contributed by atoms with Gasteiger partial charge in [-0.25, -0.2) is 8.42 Å². The molecule has 1 heterocycles. The number of ether oxygens (including phenoxy) is 2. The fourth-order valence-corrected chi connectivity index (χ4v) is 4.88. The Bertz CT molecular complexity index is 1280. The number of hydrogen-bond donors (Lipinski definition) is 2. The van der Waals surface area contributed by atoms with Crippen LogP contribution in [-0.2, 0) is 14.8 Å². The van der Waals surface area contributed by atoms with Crippen molar-refractivity contribution in [2.45, 2.75) is 17.9 Å². The molecule has 0 saturated heterocycles. The van der Waals surface area contributed by atoms with E-state index < -0.39 is 27.9 Å². The number of sulfonamides is 1. The molecule has 0 bridgehead atoms. The van der Waals surface area contributed by atoms with Gasteiger partial charge in [0, 0.05) is 12.1 Å². The monoisotopic (exact) mass is 481 g/mol. The standard InChI is InChI=1S/C24H23N3O6S/c1-2-27(18-8-4-3-5-9-18)34(30,31)19-14-12-17(13-15-19)23(28)25-26-24(29)22-16-32-20-10-6-7-11-21(20)33-22/h3-15,22H,2,16H2,1H3,(H,25,28)(H,26,29)/t22-/m0/s1. The molecule has 3 aromatic carbocycles. The average molecular weight is 482 g/mol. The molecule has 2 amide bonds. The largest absolute Gasteiger partial charge is 0.485 e. The average Bonchev–Trinajstić information content (AvgIpc) is 2.87. The number of nitrogens with one attached hydrogen (secondary N) is 2. The molecule has 3 aromatic rings. The number of carbonyl (C=O) groups excluding carboxylic acids is 2. The van der Waals surface area contributed by atoms with E-state index in [1.165, 1.54) is 28.6 Å². The number of fused-ring (bicyclic) bond motifs is 1.